The van der Waals surface area contributed by atoms with Crippen LogP contribution in [0.5, 0.6) is 0 Å². The second-order valence-electron chi connectivity index (χ2n) is 6.00. The van der Waals surface area contributed by atoms with Crippen LogP contribution in [-0.4, -0.2) is 4.98 Å². The third-order valence-corrected chi connectivity index (χ3v) is 3.90. The fraction of sp³-hybridized carbons (Fsp3) is 0.143. The molecule has 1 aromatic heterocycles. The number of hydrogen-bond donors (Lipinski definition) is 1. The van der Waals surface area contributed by atoms with E-state index in [0.29, 0.717) is 11.4 Å². The first-order valence-corrected chi connectivity index (χ1v) is 7.89. The molecule has 3 rings (SSSR count). The van der Waals surface area contributed by atoms with Crippen molar-refractivity contribution in [1.29, 1.82) is 5.26 Å². The largest absolute Gasteiger partial charge is 0.339 e. The molecule has 0 aliphatic heterocycles. The molecule has 0 aliphatic carbocycles. The predicted molar refractivity (Wildman–Crippen MR) is 98.3 cm³/mol. The lowest BCUT2D eigenvalue weighted by Gasteiger charge is -2.13. The summed E-state index contributed by atoms with van der Waals surface area (Å²) in [6.07, 6.45) is 0. The van der Waals surface area contributed by atoms with E-state index in [1.165, 1.54) is 11.1 Å². The summed E-state index contributed by atoms with van der Waals surface area (Å²) in [5, 5.41) is 12.8. The molecule has 2 aromatic carbocycles. The van der Waals surface area contributed by atoms with Gasteiger partial charge in [-0.1, -0.05) is 36.4 Å². The highest BCUT2D eigenvalue weighted by Gasteiger charge is 2.11. The minimum atomic E-state index is 0.540. The van der Waals surface area contributed by atoms with Crippen LogP contribution in [0.4, 0.5) is 11.5 Å². The Kier molecular flexibility index (Phi) is 4.31. The maximum Gasteiger partial charge on any atom is 0.148 e. The van der Waals surface area contributed by atoms with Crippen molar-refractivity contribution in [2.45, 2.75) is 20.8 Å². The van der Waals surface area contributed by atoms with Crippen LogP contribution in [0.3, 0.4) is 0 Å². The normalized spacial score (nSPS) is 10.2. The van der Waals surface area contributed by atoms with E-state index in [0.717, 1.165) is 22.5 Å². The van der Waals surface area contributed by atoms with Crippen molar-refractivity contribution < 1.29 is 0 Å². The molecule has 3 heteroatoms. The minimum Gasteiger partial charge on any atom is -0.339 e. The predicted octanol–water partition coefficient (Wildman–Crippen LogP) is 5.29. The molecular weight excluding hydrogens is 294 g/mol. The molecule has 0 atom stereocenters. The summed E-state index contributed by atoms with van der Waals surface area (Å²) in [5.41, 5.74) is 6.78. The van der Waals surface area contributed by atoms with Crippen LogP contribution >= 0.6 is 0 Å². The van der Waals surface area contributed by atoms with Crippen molar-refractivity contribution in [2.75, 3.05) is 5.32 Å². The lowest BCUT2D eigenvalue weighted by Crippen LogP contribution is -2.01. The van der Waals surface area contributed by atoms with Gasteiger partial charge in [-0.25, -0.2) is 4.98 Å². The zero-order valence-electron chi connectivity index (χ0n) is 14.1. The first-order valence-electron chi connectivity index (χ1n) is 7.89. The van der Waals surface area contributed by atoms with Gasteiger partial charge in [0.1, 0.15) is 11.9 Å². The molecule has 3 aromatic rings. The second kappa shape index (κ2) is 6.55. The number of rotatable bonds is 3. The standard InChI is InChI=1S/C21H19N3/c1-14-9-15(2)11-19(10-14)24-21-18(13-22)12-20(16(3)23-21)17-7-5-4-6-8-17/h4-12H,1-3H3,(H,23,24). The Labute approximate surface area is 142 Å². The number of nitrogens with zero attached hydrogens (tertiary/aromatic N) is 2. The van der Waals surface area contributed by atoms with Crippen molar-refractivity contribution >= 4 is 11.5 Å². The number of pyridine rings is 1. The van der Waals surface area contributed by atoms with Gasteiger partial charge in [-0.15, -0.1) is 0 Å². The first-order chi connectivity index (χ1) is 11.6. The Balaban J connectivity index is 2.03. The molecule has 0 saturated carbocycles. The number of aromatic nitrogens is 1. The van der Waals surface area contributed by atoms with Crippen LogP contribution in [0.25, 0.3) is 11.1 Å². The van der Waals surface area contributed by atoms with Crippen LogP contribution in [-0.2, 0) is 0 Å². The number of nitrogens with one attached hydrogen (secondary N) is 1. The minimum absolute atomic E-state index is 0.540. The van der Waals surface area contributed by atoms with E-state index in [4.69, 9.17) is 0 Å². The highest BCUT2D eigenvalue weighted by atomic mass is 15.0. The summed E-state index contributed by atoms with van der Waals surface area (Å²) in [7, 11) is 0. The van der Waals surface area contributed by atoms with Gasteiger partial charge in [0.2, 0.25) is 0 Å². The Bertz CT molecular complexity index is 902. The smallest absolute Gasteiger partial charge is 0.148 e. The Morgan fingerprint density at radius 1 is 0.917 bits per heavy atom. The summed E-state index contributed by atoms with van der Waals surface area (Å²) in [5.74, 6) is 0.597. The molecule has 0 aliphatic rings. The van der Waals surface area contributed by atoms with Gasteiger partial charge in [-0.05, 0) is 55.7 Å². The van der Waals surface area contributed by atoms with E-state index in [1.807, 2.05) is 43.3 Å². The molecule has 1 heterocycles. The molecule has 3 nitrogen and oxygen atoms in total. The van der Waals surface area contributed by atoms with E-state index < -0.39 is 0 Å². The Hall–Kier alpha value is -3.12. The molecule has 0 bridgehead atoms. The maximum atomic E-state index is 9.54. The van der Waals surface area contributed by atoms with Crippen molar-refractivity contribution in [2.24, 2.45) is 0 Å². The van der Waals surface area contributed by atoms with Gasteiger partial charge in [0.15, 0.2) is 0 Å². The van der Waals surface area contributed by atoms with E-state index in [1.54, 1.807) is 0 Å². The third kappa shape index (κ3) is 3.28. The number of nitriles is 1. The highest BCUT2D eigenvalue weighted by Crippen LogP contribution is 2.28. The fourth-order valence-corrected chi connectivity index (χ4v) is 2.88. The summed E-state index contributed by atoms with van der Waals surface area (Å²) in [6, 6.07) is 20.4. The third-order valence-electron chi connectivity index (χ3n) is 3.90. The summed E-state index contributed by atoms with van der Waals surface area (Å²) >= 11 is 0. The molecule has 1 N–H and O–H groups in total. The van der Waals surface area contributed by atoms with Crippen molar-refractivity contribution in [3.63, 3.8) is 0 Å². The average Bonchev–Trinajstić information content (AvgIpc) is 2.55. The SMILES string of the molecule is Cc1cc(C)cc(Nc2nc(C)c(-c3ccccc3)cc2C#N)c1. The second-order valence-corrected chi connectivity index (χ2v) is 6.00. The van der Waals surface area contributed by atoms with Crippen LogP contribution < -0.4 is 5.32 Å². The molecule has 0 radical (unpaired) electrons. The molecule has 0 saturated heterocycles. The van der Waals surface area contributed by atoms with Gasteiger partial charge in [0.25, 0.3) is 0 Å². The maximum absolute atomic E-state index is 9.54. The highest BCUT2D eigenvalue weighted by molar-refractivity contribution is 5.73. The Morgan fingerprint density at radius 3 is 2.21 bits per heavy atom. The lowest BCUT2D eigenvalue weighted by atomic mass is 10.0. The average molecular weight is 313 g/mol. The molecule has 0 spiro atoms. The van der Waals surface area contributed by atoms with Gasteiger partial charge in [-0.3, -0.25) is 0 Å². The van der Waals surface area contributed by atoms with E-state index in [9.17, 15) is 5.26 Å². The molecule has 0 amide bonds. The number of aryl methyl sites for hydroxylation is 3. The molecule has 0 unspecified atom stereocenters. The molecule has 118 valence electrons. The van der Waals surface area contributed by atoms with Crippen LogP contribution in [0, 0.1) is 32.1 Å². The first kappa shape index (κ1) is 15.8. The van der Waals surface area contributed by atoms with Gasteiger partial charge in [-0.2, -0.15) is 5.26 Å². The zero-order valence-corrected chi connectivity index (χ0v) is 14.1. The number of benzene rings is 2. The van der Waals surface area contributed by atoms with Crippen molar-refractivity contribution in [1.82, 2.24) is 4.98 Å². The van der Waals surface area contributed by atoms with Gasteiger partial charge >= 0.3 is 0 Å². The summed E-state index contributed by atoms with van der Waals surface area (Å²) < 4.78 is 0. The van der Waals surface area contributed by atoms with Crippen LogP contribution in [0.15, 0.2) is 54.6 Å². The van der Waals surface area contributed by atoms with Gasteiger partial charge in [0, 0.05) is 16.9 Å². The van der Waals surface area contributed by atoms with Crippen LogP contribution in [0.2, 0.25) is 0 Å². The number of hydrogen-bond acceptors (Lipinski definition) is 3. The van der Waals surface area contributed by atoms with Gasteiger partial charge < -0.3 is 5.32 Å². The zero-order chi connectivity index (χ0) is 17.1. The van der Waals surface area contributed by atoms with Crippen molar-refractivity contribution in [3.05, 3.63) is 77.0 Å². The Morgan fingerprint density at radius 2 is 1.58 bits per heavy atom. The monoisotopic (exact) mass is 313 g/mol. The topological polar surface area (TPSA) is 48.7 Å². The van der Waals surface area contributed by atoms with E-state index >= 15 is 0 Å². The quantitative estimate of drug-likeness (QED) is 0.714. The fourth-order valence-electron chi connectivity index (χ4n) is 2.88. The molecule has 24 heavy (non-hydrogen) atoms. The van der Waals surface area contributed by atoms with E-state index in [2.05, 4.69) is 48.4 Å². The summed E-state index contributed by atoms with van der Waals surface area (Å²) in [4.78, 5) is 4.64. The lowest BCUT2D eigenvalue weighted by molar-refractivity contribution is 1.19. The molecular formula is C21H19N3. The summed E-state index contributed by atoms with van der Waals surface area (Å²) in [6.45, 7) is 6.08. The van der Waals surface area contributed by atoms with Crippen molar-refractivity contribution in [3.8, 4) is 17.2 Å². The molecule has 0 fully saturated rings. The number of anilines is 2. The van der Waals surface area contributed by atoms with E-state index in [-0.39, 0.29) is 0 Å². The van der Waals surface area contributed by atoms with Crippen LogP contribution in [0.1, 0.15) is 22.4 Å². The van der Waals surface area contributed by atoms with Gasteiger partial charge in [0.05, 0.1) is 5.56 Å².